The number of aromatic nitrogens is 1. The Morgan fingerprint density at radius 2 is 1.42 bits per heavy atom. The number of nitrogens with two attached hydrogens (primary N) is 1. The Kier molecular flexibility index (Phi) is 6.91. The second-order valence-electron chi connectivity index (χ2n) is 9.29. The molecule has 33 heavy (non-hydrogen) atoms. The van der Waals surface area contributed by atoms with Crippen molar-refractivity contribution < 1.29 is 4.43 Å². The zero-order valence-corrected chi connectivity index (χ0v) is 21.2. The van der Waals surface area contributed by atoms with Crippen molar-refractivity contribution in [3.05, 3.63) is 107 Å². The minimum absolute atomic E-state index is 0.109. The fraction of sp³-hybridized carbons (Fsp3) is 0.214. The minimum atomic E-state index is -2.68. The first-order valence-electron chi connectivity index (χ1n) is 11.3. The van der Waals surface area contributed by atoms with Crippen LogP contribution in [0.5, 0.6) is 0 Å². The van der Waals surface area contributed by atoms with Gasteiger partial charge in [-0.15, -0.1) is 0 Å². The fourth-order valence-corrected chi connectivity index (χ4v) is 9.49. The van der Waals surface area contributed by atoms with Crippen LogP contribution in [0.1, 0.15) is 31.9 Å². The molecule has 170 valence electrons. The molecule has 5 heteroatoms. The van der Waals surface area contributed by atoms with E-state index in [1.54, 1.807) is 0 Å². The molecule has 0 atom stereocenters. The molecule has 0 aliphatic heterocycles. The predicted molar refractivity (Wildman–Crippen MR) is 142 cm³/mol. The smallest absolute Gasteiger partial charge is 0.261 e. The standard InChI is InChI=1S/C28H31ClN2OSi/c1-28(2,3)33(21-11-6-4-7-12-21,22-13-8-5-9-14-22)32-20-25-24(19-30)23(16-17-26(25)29)27-15-10-18-31-27/h4-18,31H,19-20,30H2,1-3H3. The molecule has 1 aromatic heterocycles. The summed E-state index contributed by atoms with van der Waals surface area (Å²) in [5.74, 6) is 0. The Hall–Kier alpha value is -2.63. The Balaban J connectivity index is 1.85. The molecule has 0 bridgehead atoms. The highest BCUT2D eigenvalue weighted by molar-refractivity contribution is 6.99. The van der Waals surface area contributed by atoms with Gasteiger partial charge in [-0.25, -0.2) is 0 Å². The molecule has 0 amide bonds. The van der Waals surface area contributed by atoms with E-state index in [-0.39, 0.29) is 5.04 Å². The molecule has 0 saturated carbocycles. The SMILES string of the molecule is CC(C)(C)[Si](OCc1c(Cl)ccc(-c2ccc[nH]2)c1CN)(c1ccccc1)c1ccccc1. The molecule has 3 N–H and O–H groups in total. The van der Waals surface area contributed by atoms with Crippen molar-refractivity contribution in [2.75, 3.05) is 0 Å². The Morgan fingerprint density at radius 1 is 0.818 bits per heavy atom. The van der Waals surface area contributed by atoms with E-state index in [1.807, 2.05) is 24.4 Å². The van der Waals surface area contributed by atoms with Crippen LogP contribution in [0.3, 0.4) is 0 Å². The lowest BCUT2D eigenvalue weighted by Gasteiger charge is -2.43. The zero-order chi connectivity index (χ0) is 23.5. The van der Waals surface area contributed by atoms with Crippen molar-refractivity contribution in [2.24, 2.45) is 5.73 Å². The monoisotopic (exact) mass is 474 g/mol. The number of H-pyrrole nitrogens is 1. The normalized spacial score (nSPS) is 12.2. The number of hydrogen-bond donors (Lipinski definition) is 2. The molecule has 3 nitrogen and oxygen atoms in total. The van der Waals surface area contributed by atoms with Crippen LogP contribution < -0.4 is 16.1 Å². The van der Waals surface area contributed by atoms with Crippen LogP contribution in [-0.2, 0) is 17.6 Å². The summed E-state index contributed by atoms with van der Waals surface area (Å²) in [5.41, 5.74) is 10.3. The van der Waals surface area contributed by atoms with Gasteiger partial charge < -0.3 is 15.1 Å². The minimum Gasteiger partial charge on any atom is -0.403 e. The van der Waals surface area contributed by atoms with Crippen LogP contribution in [0.25, 0.3) is 11.3 Å². The van der Waals surface area contributed by atoms with Gasteiger partial charge in [0.15, 0.2) is 0 Å². The van der Waals surface area contributed by atoms with E-state index in [4.69, 9.17) is 21.8 Å². The quantitative estimate of drug-likeness (QED) is 0.329. The summed E-state index contributed by atoms with van der Waals surface area (Å²) < 4.78 is 7.14. The van der Waals surface area contributed by atoms with Crippen LogP contribution in [-0.4, -0.2) is 13.3 Å². The van der Waals surface area contributed by atoms with Crippen LogP contribution in [0.2, 0.25) is 10.1 Å². The van der Waals surface area contributed by atoms with Crippen LogP contribution in [0, 0.1) is 0 Å². The molecule has 4 aromatic rings. The average molecular weight is 475 g/mol. The second-order valence-corrected chi connectivity index (χ2v) is 14.0. The summed E-state index contributed by atoms with van der Waals surface area (Å²) in [4.78, 5) is 3.29. The third-order valence-corrected chi connectivity index (χ3v) is 11.7. The first-order valence-corrected chi connectivity index (χ1v) is 13.6. The van der Waals surface area contributed by atoms with Crippen molar-refractivity contribution in [3.8, 4) is 11.3 Å². The predicted octanol–water partition coefficient (Wildman–Crippen LogP) is 5.87. The third-order valence-electron chi connectivity index (χ3n) is 6.32. The van der Waals surface area contributed by atoms with Crippen LogP contribution in [0.15, 0.2) is 91.1 Å². The van der Waals surface area contributed by atoms with Gasteiger partial charge in [-0.05, 0) is 39.2 Å². The molecule has 1 heterocycles. The molecule has 0 unspecified atom stereocenters. The molecular formula is C28H31ClN2OSi. The molecule has 0 aliphatic carbocycles. The lowest BCUT2D eigenvalue weighted by atomic mass is 9.99. The lowest BCUT2D eigenvalue weighted by molar-refractivity contribution is 0.285. The van der Waals surface area contributed by atoms with Gasteiger partial charge in [0, 0.05) is 34.6 Å². The summed E-state index contributed by atoms with van der Waals surface area (Å²) in [6.07, 6.45) is 1.92. The van der Waals surface area contributed by atoms with Gasteiger partial charge in [-0.1, -0.05) is 99.1 Å². The molecule has 0 saturated heterocycles. The topological polar surface area (TPSA) is 51.0 Å². The lowest BCUT2D eigenvalue weighted by Crippen LogP contribution is -2.66. The molecule has 3 aromatic carbocycles. The van der Waals surface area contributed by atoms with E-state index in [9.17, 15) is 0 Å². The number of halogens is 1. The number of aromatic amines is 1. The van der Waals surface area contributed by atoms with Crippen molar-refractivity contribution in [1.82, 2.24) is 4.98 Å². The van der Waals surface area contributed by atoms with E-state index in [2.05, 4.69) is 92.5 Å². The van der Waals surface area contributed by atoms with Crippen LogP contribution in [0.4, 0.5) is 0 Å². The van der Waals surface area contributed by atoms with Gasteiger partial charge in [-0.3, -0.25) is 0 Å². The van der Waals surface area contributed by atoms with Crippen LogP contribution >= 0.6 is 11.6 Å². The average Bonchev–Trinajstić information content (AvgIpc) is 3.35. The second kappa shape index (κ2) is 9.70. The van der Waals surface area contributed by atoms with Crippen molar-refractivity contribution in [3.63, 3.8) is 0 Å². The van der Waals surface area contributed by atoms with Crippen molar-refractivity contribution in [1.29, 1.82) is 0 Å². The number of hydrogen-bond acceptors (Lipinski definition) is 2. The zero-order valence-electron chi connectivity index (χ0n) is 19.4. The summed E-state index contributed by atoms with van der Waals surface area (Å²) >= 11 is 6.75. The highest BCUT2D eigenvalue weighted by atomic mass is 35.5. The van der Waals surface area contributed by atoms with E-state index in [1.165, 1.54) is 10.4 Å². The summed E-state index contributed by atoms with van der Waals surface area (Å²) in [5, 5.41) is 3.07. The van der Waals surface area contributed by atoms with Gasteiger partial charge in [0.1, 0.15) is 0 Å². The van der Waals surface area contributed by atoms with Gasteiger partial charge in [-0.2, -0.15) is 0 Å². The number of rotatable bonds is 7. The van der Waals surface area contributed by atoms with E-state index in [0.717, 1.165) is 22.4 Å². The molecule has 0 radical (unpaired) electrons. The molecule has 0 spiro atoms. The Labute approximate surface area is 202 Å². The Morgan fingerprint density at radius 3 is 1.91 bits per heavy atom. The number of benzene rings is 3. The van der Waals surface area contributed by atoms with Gasteiger partial charge in [0.05, 0.1) is 6.61 Å². The molecule has 4 rings (SSSR count). The molecule has 0 fully saturated rings. The maximum Gasteiger partial charge on any atom is 0.261 e. The summed E-state index contributed by atoms with van der Waals surface area (Å²) in [6.45, 7) is 7.61. The van der Waals surface area contributed by atoms with Crippen molar-refractivity contribution in [2.45, 2.75) is 39.0 Å². The summed E-state index contributed by atoms with van der Waals surface area (Å²) in [6, 6.07) is 29.3. The maximum atomic E-state index is 7.14. The van der Waals surface area contributed by atoms with Crippen molar-refractivity contribution >= 4 is 30.3 Å². The third kappa shape index (κ3) is 4.44. The van der Waals surface area contributed by atoms with Gasteiger partial charge in [0.2, 0.25) is 0 Å². The van der Waals surface area contributed by atoms with Gasteiger partial charge in [0.25, 0.3) is 8.32 Å². The van der Waals surface area contributed by atoms with E-state index in [0.29, 0.717) is 18.2 Å². The first-order chi connectivity index (χ1) is 15.9. The number of nitrogens with one attached hydrogen (secondary N) is 1. The maximum absolute atomic E-state index is 7.14. The van der Waals surface area contributed by atoms with E-state index >= 15 is 0 Å². The van der Waals surface area contributed by atoms with E-state index < -0.39 is 8.32 Å². The fourth-order valence-electron chi connectivity index (χ4n) is 4.75. The first kappa shape index (κ1) is 23.5. The highest BCUT2D eigenvalue weighted by Crippen LogP contribution is 2.38. The highest BCUT2D eigenvalue weighted by Gasteiger charge is 2.50. The summed E-state index contributed by atoms with van der Waals surface area (Å²) in [7, 11) is -2.68. The molecular weight excluding hydrogens is 444 g/mol. The van der Waals surface area contributed by atoms with Gasteiger partial charge >= 0.3 is 0 Å². The molecule has 0 aliphatic rings. The largest absolute Gasteiger partial charge is 0.403 e. The Bertz CT molecular complexity index is 1150.